The number of halogens is 1. The molecule has 0 atom stereocenters. The van der Waals surface area contributed by atoms with Crippen molar-refractivity contribution in [2.75, 3.05) is 31.6 Å². The van der Waals surface area contributed by atoms with Crippen molar-refractivity contribution in [3.63, 3.8) is 0 Å². The summed E-state index contributed by atoms with van der Waals surface area (Å²) in [5, 5.41) is 11.9. The van der Waals surface area contributed by atoms with E-state index in [9.17, 15) is 14.0 Å². The van der Waals surface area contributed by atoms with Crippen LogP contribution in [0.1, 0.15) is 42.6 Å². The highest BCUT2D eigenvalue weighted by Crippen LogP contribution is 2.40. The second kappa shape index (κ2) is 12.6. The zero-order valence-electron chi connectivity index (χ0n) is 21.7. The van der Waals surface area contributed by atoms with Crippen LogP contribution in [-0.2, 0) is 11.3 Å². The molecular formula is C30H33FN2O5. The molecule has 4 rings (SSSR count). The van der Waals surface area contributed by atoms with Crippen LogP contribution in [0.15, 0.2) is 60.7 Å². The molecule has 0 radical (unpaired) electrons. The standard InChI is InChI=1S/C30H33FN2O5/c1-3-37-26-17-20(18-27(38-4-2)28(26)21-5-9-24(31)10-6-21)19-33-15-13-22(14-16-33)29(34)32-25-11-7-23(8-12-25)30(35)36/h5-12,17-18,22H,3-4,13-16,19H2,1-2H3,(H,32,34)(H,35,36). The van der Waals surface area contributed by atoms with E-state index in [-0.39, 0.29) is 23.2 Å². The number of hydrogen-bond acceptors (Lipinski definition) is 5. The van der Waals surface area contributed by atoms with E-state index in [1.807, 2.05) is 26.0 Å². The Kier molecular flexibility index (Phi) is 8.97. The zero-order valence-corrected chi connectivity index (χ0v) is 21.7. The van der Waals surface area contributed by atoms with Crippen LogP contribution in [0.25, 0.3) is 11.1 Å². The van der Waals surface area contributed by atoms with Crippen LogP contribution in [0, 0.1) is 11.7 Å². The maximum absolute atomic E-state index is 13.5. The Morgan fingerprint density at radius 1 is 0.947 bits per heavy atom. The van der Waals surface area contributed by atoms with E-state index in [1.165, 1.54) is 24.3 Å². The lowest BCUT2D eigenvalue weighted by Gasteiger charge is -2.31. The van der Waals surface area contributed by atoms with Gasteiger partial charge in [-0.25, -0.2) is 9.18 Å². The minimum absolute atomic E-state index is 0.0476. The summed E-state index contributed by atoms with van der Waals surface area (Å²) in [4.78, 5) is 26.1. The third kappa shape index (κ3) is 6.69. The minimum atomic E-state index is -0.998. The van der Waals surface area contributed by atoms with Gasteiger partial charge in [-0.05, 0) is 99.4 Å². The van der Waals surface area contributed by atoms with E-state index in [1.54, 1.807) is 24.3 Å². The molecule has 38 heavy (non-hydrogen) atoms. The van der Waals surface area contributed by atoms with E-state index >= 15 is 0 Å². The largest absolute Gasteiger partial charge is 0.493 e. The minimum Gasteiger partial charge on any atom is -0.493 e. The second-order valence-electron chi connectivity index (χ2n) is 9.26. The fraction of sp³-hybridized carbons (Fsp3) is 0.333. The lowest BCUT2D eigenvalue weighted by Crippen LogP contribution is -2.37. The summed E-state index contributed by atoms with van der Waals surface area (Å²) in [7, 11) is 0. The summed E-state index contributed by atoms with van der Waals surface area (Å²) in [5.74, 6) is -0.0547. The van der Waals surface area contributed by atoms with Gasteiger partial charge < -0.3 is 19.9 Å². The number of carboxylic acid groups (broad SMARTS) is 1. The molecule has 1 saturated heterocycles. The highest BCUT2D eigenvalue weighted by molar-refractivity contribution is 5.93. The van der Waals surface area contributed by atoms with Gasteiger partial charge in [-0.1, -0.05) is 12.1 Å². The molecule has 3 aromatic carbocycles. The Bertz CT molecular complexity index is 1230. The number of nitrogens with zero attached hydrogens (tertiary/aromatic N) is 1. The van der Waals surface area contributed by atoms with E-state index in [2.05, 4.69) is 10.2 Å². The fourth-order valence-corrected chi connectivity index (χ4v) is 4.73. The van der Waals surface area contributed by atoms with Crippen molar-refractivity contribution >= 4 is 17.6 Å². The lowest BCUT2D eigenvalue weighted by molar-refractivity contribution is -0.121. The highest BCUT2D eigenvalue weighted by Gasteiger charge is 2.26. The van der Waals surface area contributed by atoms with Crippen molar-refractivity contribution in [1.82, 2.24) is 4.90 Å². The number of hydrogen-bond donors (Lipinski definition) is 2. The van der Waals surface area contributed by atoms with Crippen LogP contribution < -0.4 is 14.8 Å². The lowest BCUT2D eigenvalue weighted by atomic mass is 9.95. The number of benzene rings is 3. The van der Waals surface area contributed by atoms with Gasteiger partial charge in [0.05, 0.1) is 24.3 Å². The summed E-state index contributed by atoms with van der Waals surface area (Å²) >= 11 is 0. The van der Waals surface area contributed by atoms with Gasteiger partial charge in [-0.3, -0.25) is 9.69 Å². The van der Waals surface area contributed by atoms with Crippen molar-refractivity contribution in [2.24, 2.45) is 5.92 Å². The quantitative estimate of drug-likeness (QED) is 0.349. The maximum atomic E-state index is 13.5. The molecule has 1 amide bonds. The third-order valence-corrected chi connectivity index (χ3v) is 6.62. The van der Waals surface area contributed by atoms with E-state index in [0.29, 0.717) is 36.9 Å². The summed E-state index contributed by atoms with van der Waals surface area (Å²) in [6, 6.07) is 16.5. The van der Waals surface area contributed by atoms with Crippen molar-refractivity contribution < 1.29 is 28.6 Å². The number of carbonyl (C=O) groups is 2. The Balaban J connectivity index is 1.42. The topological polar surface area (TPSA) is 88.1 Å². The van der Waals surface area contributed by atoms with Gasteiger partial charge in [-0.2, -0.15) is 0 Å². The molecule has 3 aromatic rings. The molecular weight excluding hydrogens is 487 g/mol. The molecule has 8 heteroatoms. The Hall–Kier alpha value is -3.91. The van der Waals surface area contributed by atoms with Gasteiger partial charge in [0.15, 0.2) is 0 Å². The average Bonchev–Trinajstić information content (AvgIpc) is 2.90. The number of piperidine rings is 1. The first-order valence-electron chi connectivity index (χ1n) is 12.9. The first-order chi connectivity index (χ1) is 18.4. The number of nitrogens with one attached hydrogen (secondary N) is 1. The van der Waals surface area contributed by atoms with Crippen LogP contribution in [0.4, 0.5) is 10.1 Å². The number of ether oxygens (including phenoxy) is 2. The number of aromatic carboxylic acids is 1. The predicted molar refractivity (Wildman–Crippen MR) is 144 cm³/mol. The number of amides is 1. The van der Waals surface area contributed by atoms with Gasteiger partial charge >= 0.3 is 5.97 Å². The number of rotatable bonds is 10. The molecule has 1 fully saturated rings. The number of carbonyl (C=O) groups excluding carboxylic acids is 1. The second-order valence-corrected chi connectivity index (χ2v) is 9.26. The Morgan fingerprint density at radius 3 is 2.05 bits per heavy atom. The van der Waals surface area contributed by atoms with Crippen LogP contribution in [-0.4, -0.2) is 48.2 Å². The van der Waals surface area contributed by atoms with Crippen molar-refractivity contribution in [1.29, 1.82) is 0 Å². The summed E-state index contributed by atoms with van der Waals surface area (Å²) in [6.07, 6.45) is 1.45. The average molecular weight is 521 g/mol. The first kappa shape index (κ1) is 27.1. The molecule has 1 aliphatic rings. The van der Waals surface area contributed by atoms with E-state index in [0.717, 1.165) is 42.6 Å². The molecule has 0 aliphatic carbocycles. The van der Waals surface area contributed by atoms with Gasteiger partial charge in [0.25, 0.3) is 0 Å². The van der Waals surface area contributed by atoms with Crippen LogP contribution in [0.3, 0.4) is 0 Å². The van der Waals surface area contributed by atoms with Gasteiger partial charge in [0.2, 0.25) is 5.91 Å². The molecule has 0 unspecified atom stereocenters. The Labute approximate surface area is 222 Å². The Morgan fingerprint density at radius 2 is 1.53 bits per heavy atom. The van der Waals surface area contributed by atoms with Crippen molar-refractivity contribution in [2.45, 2.75) is 33.2 Å². The molecule has 0 bridgehead atoms. The monoisotopic (exact) mass is 520 g/mol. The molecule has 0 aromatic heterocycles. The van der Waals surface area contributed by atoms with Crippen LogP contribution in [0.2, 0.25) is 0 Å². The smallest absolute Gasteiger partial charge is 0.335 e. The van der Waals surface area contributed by atoms with E-state index in [4.69, 9.17) is 14.6 Å². The fourth-order valence-electron chi connectivity index (χ4n) is 4.73. The molecule has 7 nitrogen and oxygen atoms in total. The molecule has 2 N–H and O–H groups in total. The predicted octanol–water partition coefficient (Wildman–Crippen LogP) is 5.84. The summed E-state index contributed by atoms with van der Waals surface area (Å²) in [5.41, 5.74) is 3.46. The summed E-state index contributed by atoms with van der Waals surface area (Å²) in [6.45, 7) is 7.06. The molecule has 1 heterocycles. The normalized spacial score (nSPS) is 14.2. The van der Waals surface area contributed by atoms with Crippen LogP contribution >= 0.6 is 0 Å². The first-order valence-corrected chi connectivity index (χ1v) is 12.9. The zero-order chi connectivity index (χ0) is 27.1. The molecule has 200 valence electrons. The highest BCUT2D eigenvalue weighted by atomic mass is 19.1. The third-order valence-electron chi connectivity index (χ3n) is 6.62. The number of anilines is 1. The van der Waals surface area contributed by atoms with Crippen LogP contribution in [0.5, 0.6) is 11.5 Å². The van der Waals surface area contributed by atoms with Gasteiger partial charge in [0, 0.05) is 18.2 Å². The van der Waals surface area contributed by atoms with Gasteiger partial charge in [0.1, 0.15) is 17.3 Å². The maximum Gasteiger partial charge on any atom is 0.335 e. The van der Waals surface area contributed by atoms with Crippen molar-refractivity contribution in [3.05, 3.63) is 77.6 Å². The SMILES string of the molecule is CCOc1cc(CN2CCC(C(=O)Nc3ccc(C(=O)O)cc3)CC2)cc(OCC)c1-c1ccc(F)cc1. The van der Waals surface area contributed by atoms with E-state index < -0.39 is 5.97 Å². The number of carboxylic acids is 1. The number of likely N-dealkylation sites (tertiary alicyclic amines) is 1. The van der Waals surface area contributed by atoms with Gasteiger partial charge in [-0.15, -0.1) is 0 Å². The van der Waals surface area contributed by atoms with Crippen molar-refractivity contribution in [3.8, 4) is 22.6 Å². The molecule has 0 saturated carbocycles. The molecule has 1 aliphatic heterocycles. The summed E-state index contributed by atoms with van der Waals surface area (Å²) < 4.78 is 25.5. The molecule has 0 spiro atoms.